The fourth-order valence-electron chi connectivity index (χ4n) is 8.15. The topological polar surface area (TPSA) is 77.0 Å². The summed E-state index contributed by atoms with van der Waals surface area (Å²) < 4.78 is 12.8. The molecule has 55 heavy (non-hydrogen) atoms. The first-order valence-corrected chi connectivity index (χ1v) is 19.1. The highest BCUT2D eigenvalue weighted by Gasteiger charge is 2.21. The molecule has 0 amide bonds. The van der Waals surface area contributed by atoms with Crippen molar-refractivity contribution < 1.29 is 8.83 Å². The first-order valence-electron chi connectivity index (χ1n) is 19.1. The molecule has 266 valence electrons. The van der Waals surface area contributed by atoms with Gasteiger partial charge in [-0.25, -0.2) is 4.99 Å². The van der Waals surface area contributed by atoms with E-state index in [0.717, 1.165) is 85.7 Å². The monoisotopic (exact) mass is 713 g/mol. The smallest absolute Gasteiger partial charge is 0.157 e. The lowest BCUT2D eigenvalue weighted by Gasteiger charge is -2.11. The van der Waals surface area contributed by atoms with Crippen LogP contribution in [0, 0.1) is 5.92 Å². The Morgan fingerprint density at radius 2 is 1.55 bits per heavy atom. The lowest BCUT2D eigenvalue weighted by molar-refractivity contribution is 0.584. The average Bonchev–Trinajstić information content (AvgIpc) is 3.80. The zero-order valence-electron chi connectivity index (χ0n) is 30.6. The highest BCUT2D eigenvalue weighted by atomic mass is 16.3. The third-order valence-corrected chi connectivity index (χ3v) is 11.0. The number of furan rings is 2. The molecule has 0 saturated heterocycles. The molecule has 2 aliphatic carbocycles. The zero-order valence-corrected chi connectivity index (χ0v) is 30.6. The molecule has 5 nitrogen and oxygen atoms in total. The van der Waals surface area contributed by atoms with E-state index in [9.17, 15) is 0 Å². The van der Waals surface area contributed by atoms with Crippen LogP contribution in [0.4, 0.5) is 0 Å². The van der Waals surface area contributed by atoms with E-state index in [-0.39, 0.29) is 0 Å². The van der Waals surface area contributed by atoms with Crippen LogP contribution in [0.3, 0.4) is 0 Å². The average molecular weight is 714 g/mol. The van der Waals surface area contributed by atoms with Crippen LogP contribution in [-0.4, -0.2) is 11.7 Å². The summed E-state index contributed by atoms with van der Waals surface area (Å²) in [6, 6.07) is 42.1. The van der Waals surface area contributed by atoms with Crippen LogP contribution in [0.15, 0.2) is 164 Å². The van der Waals surface area contributed by atoms with Crippen LogP contribution in [0.1, 0.15) is 53.3 Å². The molecule has 1 unspecified atom stereocenters. The molecule has 2 aliphatic rings. The number of nitrogens with zero attached hydrogens (tertiary/aromatic N) is 2. The first kappa shape index (κ1) is 32.9. The fraction of sp³-hybridized carbons (Fsp3) is 0.120. The Balaban J connectivity index is 1.09. The molecule has 0 aliphatic heterocycles. The largest absolute Gasteiger partial charge is 0.456 e. The van der Waals surface area contributed by atoms with E-state index in [1.165, 1.54) is 27.5 Å². The Bertz CT molecular complexity index is 2950. The normalized spacial score (nSPS) is 16.0. The SMILES string of the molecule is CC1C=Cc2oc3ccc(-c4cccc5oc6cccc(C(N)=NC(=NCc7ccc8ccccc8c7)c7ccc(C8=CCCC=C8)cc7)c6c45)cc3c2C1. The first-order chi connectivity index (χ1) is 27.1. The van der Waals surface area contributed by atoms with Crippen molar-refractivity contribution in [2.24, 2.45) is 21.6 Å². The minimum atomic E-state index is 0.377. The molecule has 0 bridgehead atoms. The van der Waals surface area contributed by atoms with Gasteiger partial charge in [0.1, 0.15) is 28.3 Å². The van der Waals surface area contributed by atoms with Crippen molar-refractivity contribution in [1.29, 1.82) is 0 Å². The van der Waals surface area contributed by atoms with E-state index >= 15 is 0 Å². The zero-order chi connectivity index (χ0) is 36.9. The molecule has 0 radical (unpaired) electrons. The van der Waals surface area contributed by atoms with Gasteiger partial charge < -0.3 is 14.6 Å². The molecular formula is C50H39N3O2. The second-order valence-electron chi connectivity index (χ2n) is 14.7. The number of hydrogen-bond donors (Lipinski definition) is 1. The summed E-state index contributed by atoms with van der Waals surface area (Å²) in [4.78, 5) is 10.2. The summed E-state index contributed by atoms with van der Waals surface area (Å²) in [6.45, 7) is 2.71. The Morgan fingerprint density at radius 1 is 0.727 bits per heavy atom. The van der Waals surface area contributed by atoms with Crippen molar-refractivity contribution in [1.82, 2.24) is 0 Å². The minimum Gasteiger partial charge on any atom is -0.456 e. The van der Waals surface area contributed by atoms with E-state index in [2.05, 4.69) is 134 Å². The Morgan fingerprint density at radius 3 is 2.40 bits per heavy atom. The number of fused-ring (bicyclic) bond motifs is 7. The Kier molecular flexibility index (Phi) is 8.14. The van der Waals surface area contributed by atoms with Crippen LogP contribution in [0.25, 0.3) is 66.5 Å². The quantitative estimate of drug-likeness (QED) is 0.138. The van der Waals surface area contributed by atoms with Gasteiger partial charge in [0.2, 0.25) is 0 Å². The van der Waals surface area contributed by atoms with E-state index in [0.29, 0.717) is 24.1 Å². The molecule has 0 spiro atoms. The van der Waals surface area contributed by atoms with Crippen LogP contribution in [0.5, 0.6) is 0 Å². The van der Waals surface area contributed by atoms with E-state index in [4.69, 9.17) is 24.6 Å². The number of allylic oxidation sites excluding steroid dienone is 5. The van der Waals surface area contributed by atoms with Gasteiger partial charge >= 0.3 is 0 Å². The summed E-state index contributed by atoms with van der Waals surface area (Å²) in [5.41, 5.74) is 18.2. The molecule has 2 heterocycles. The molecule has 2 N–H and O–H groups in total. The van der Waals surface area contributed by atoms with Crippen LogP contribution in [-0.2, 0) is 13.0 Å². The number of hydrogen-bond acceptors (Lipinski definition) is 3. The number of aliphatic imine (C=N–C) groups is 2. The maximum absolute atomic E-state index is 7.07. The van der Waals surface area contributed by atoms with Crippen molar-refractivity contribution in [2.45, 2.75) is 32.7 Å². The van der Waals surface area contributed by atoms with Crippen molar-refractivity contribution in [3.8, 4) is 11.1 Å². The molecule has 0 fully saturated rings. The summed E-state index contributed by atoms with van der Waals surface area (Å²) in [6.07, 6.45) is 14.2. The van der Waals surface area contributed by atoms with Gasteiger partial charge in [0.15, 0.2) is 5.84 Å². The third-order valence-electron chi connectivity index (χ3n) is 11.0. The molecule has 1 atom stereocenters. The van der Waals surface area contributed by atoms with Crippen LogP contribution < -0.4 is 5.73 Å². The van der Waals surface area contributed by atoms with Gasteiger partial charge in [-0.2, -0.15) is 0 Å². The van der Waals surface area contributed by atoms with Crippen molar-refractivity contribution in [3.63, 3.8) is 0 Å². The van der Waals surface area contributed by atoms with Crippen molar-refractivity contribution in [3.05, 3.63) is 179 Å². The predicted octanol–water partition coefficient (Wildman–Crippen LogP) is 12.4. The molecule has 0 saturated carbocycles. The van der Waals surface area contributed by atoms with Gasteiger partial charge in [-0.15, -0.1) is 0 Å². The van der Waals surface area contributed by atoms with Gasteiger partial charge in [-0.3, -0.25) is 4.99 Å². The summed E-state index contributed by atoms with van der Waals surface area (Å²) in [5, 5.41) is 5.48. The third kappa shape index (κ3) is 6.08. The van der Waals surface area contributed by atoms with Crippen molar-refractivity contribution in [2.75, 3.05) is 0 Å². The Hall–Kier alpha value is -6.72. The standard InChI is InChI=1S/C50H39N3O2/c1-31-17-25-43-41(27-31)42-29-38(24-26-44(42)54-43)39-13-7-15-45-47(39)48-40(14-8-16-46(48)55-45)49(51)53-50(36-22-20-35(21-23-36)33-9-3-2-4-10-33)52-30-32-18-19-34-11-5-6-12-37(34)28-32/h3,5-26,28-29,31H,2,4,27,30H2,1H3,(H2,51,52,53). The number of rotatable bonds is 6. The van der Waals surface area contributed by atoms with E-state index in [1.54, 1.807) is 0 Å². The highest BCUT2D eigenvalue weighted by Crippen LogP contribution is 2.41. The van der Waals surface area contributed by atoms with Crippen LogP contribution >= 0.6 is 0 Å². The summed E-state index contributed by atoms with van der Waals surface area (Å²) in [7, 11) is 0. The lowest BCUT2D eigenvalue weighted by atomic mass is 9.91. The molecule has 6 aromatic carbocycles. The Labute approximate surface area is 319 Å². The predicted molar refractivity (Wildman–Crippen MR) is 229 cm³/mol. The van der Waals surface area contributed by atoms with Gasteiger partial charge in [0, 0.05) is 32.8 Å². The maximum atomic E-state index is 7.07. The molecule has 8 aromatic rings. The second-order valence-corrected chi connectivity index (χ2v) is 14.7. The molecule has 5 heteroatoms. The maximum Gasteiger partial charge on any atom is 0.157 e. The minimum absolute atomic E-state index is 0.377. The molecular weight excluding hydrogens is 675 g/mol. The molecule has 10 rings (SSSR count). The number of amidine groups is 2. The number of benzene rings is 6. The van der Waals surface area contributed by atoms with Gasteiger partial charge in [-0.1, -0.05) is 122 Å². The van der Waals surface area contributed by atoms with Crippen LogP contribution in [0.2, 0.25) is 0 Å². The van der Waals surface area contributed by atoms with Gasteiger partial charge in [0.05, 0.1) is 6.54 Å². The number of nitrogens with two attached hydrogens (primary N) is 1. The van der Waals surface area contributed by atoms with E-state index < -0.39 is 0 Å². The van der Waals surface area contributed by atoms with Gasteiger partial charge in [0.25, 0.3) is 0 Å². The van der Waals surface area contributed by atoms with Gasteiger partial charge in [-0.05, 0) is 100 Å². The fourth-order valence-corrected chi connectivity index (χ4v) is 8.15. The van der Waals surface area contributed by atoms with E-state index in [1.807, 2.05) is 24.3 Å². The highest BCUT2D eigenvalue weighted by molar-refractivity contribution is 6.23. The second kappa shape index (κ2) is 13.6. The molecule has 2 aromatic heterocycles. The van der Waals surface area contributed by atoms with Crippen molar-refractivity contribution >= 4 is 67.0 Å². The lowest BCUT2D eigenvalue weighted by Crippen LogP contribution is -2.17. The summed E-state index contributed by atoms with van der Waals surface area (Å²) >= 11 is 0. The summed E-state index contributed by atoms with van der Waals surface area (Å²) in [5.74, 6) is 2.38.